The predicted octanol–water partition coefficient (Wildman–Crippen LogP) is 3.71. The van der Waals surface area contributed by atoms with Crippen molar-refractivity contribution in [3.8, 4) is 22.8 Å². The molecular formula is C21H18ClN3O5. The topological polar surface area (TPSA) is 102 Å². The van der Waals surface area contributed by atoms with Crippen molar-refractivity contribution in [2.45, 2.75) is 0 Å². The van der Waals surface area contributed by atoms with Crippen molar-refractivity contribution in [3.05, 3.63) is 65.4 Å². The van der Waals surface area contributed by atoms with E-state index in [0.29, 0.717) is 33.7 Å². The van der Waals surface area contributed by atoms with Gasteiger partial charge in [-0.25, -0.2) is 5.43 Å². The standard InChI is InChI=1S/C21H18ClN3O5/c1-28-15-6-8-17(19(11-15)29-2)24-20(26)21(27)25-23-12-16-7-9-18(30-16)13-4-3-5-14(22)10-13/h3-12H,1-2H3,(H,24,26)(H,25,27)/b23-12+. The molecule has 0 unspecified atom stereocenters. The second-order valence-electron chi connectivity index (χ2n) is 5.93. The Labute approximate surface area is 177 Å². The number of anilines is 1. The summed E-state index contributed by atoms with van der Waals surface area (Å²) in [5.41, 5.74) is 3.26. The summed E-state index contributed by atoms with van der Waals surface area (Å²) in [5, 5.41) is 6.78. The monoisotopic (exact) mass is 427 g/mol. The van der Waals surface area contributed by atoms with Crippen molar-refractivity contribution in [1.29, 1.82) is 0 Å². The molecule has 0 bridgehead atoms. The molecule has 2 N–H and O–H groups in total. The largest absolute Gasteiger partial charge is 0.497 e. The van der Waals surface area contributed by atoms with E-state index < -0.39 is 11.8 Å². The van der Waals surface area contributed by atoms with Crippen LogP contribution in [0.15, 0.2) is 64.1 Å². The van der Waals surface area contributed by atoms with Crippen LogP contribution in [0, 0.1) is 0 Å². The Morgan fingerprint density at radius 2 is 1.87 bits per heavy atom. The Morgan fingerprint density at radius 3 is 2.60 bits per heavy atom. The first-order chi connectivity index (χ1) is 14.5. The normalized spacial score (nSPS) is 10.6. The van der Waals surface area contributed by atoms with Crippen molar-refractivity contribution in [1.82, 2.24) is 5.43 Å². The van der Waals surface area contributed by atoms with Gasteiger partial charge in [0.2, 0.25) is 0 Å². The number of rotatable bonds is 6. The lowest BCUT2D eigenvalue weighted by Gasteiger charge is -2.10. The molecule has 30 heavy (non-hydrogen) atoms. The summed E-state index contributed by atoms with van der Waals surface area (Å²) in [6.07, 6.45) is 1.28. The van der Waals surface area contributed by atoms with E-state index in [1.54, 1.807) is 42.5 Å². The minimum absolute atomic E-state index is 0.319. The van der Waals surface area contributed by atoms with Gasteiger partial charge >= 0.3 is 11.8 Å². The summed E-state index contributed by atoms with van der Waals surface area (Å²) in [6.45, 7) is 0. The third-order valence-corrected chi connectivity index (χ3v) is 4.19. The number of hydrogen-bond acceptors (Lipinski definition) is 6. The number of amides is 2. The van der Waals surface area contributed by atoms with Crippen molar-refractivity contribution < 1.29 is 23.5 Å². The fraction of sp³-hybridized carbons (Fsp3) is 0.0952. The van der Waals surface area contributed by atoms with Crippen molar-refractivity contribution in [2.75, 3.05) is 19.5 Å². The lowest BCUT2D eigenvalue weighted by atomic mass is 10.2. The zero-order valence-corrected chi connectivity index (χ0v) is 16.9. The number of furan rings is 1. The molecule has 0 aliphatic rings. The maximum atomic E-state index is 12.1. The van der Waals surface area contributed by atoms with Gasteiger partial charge in [-0.2, -0.15) is 5.10 Å². The van der Waals surface area contributed by atoms with Crippen molar-refractivity contribution in [3.63, 3.8) is 0 Å². The maximum Gasteiger partial charge on any atom is 0.329 e. The molecule has 8 nitrogen and oxygen atoms in total. The number of nitrogens with one attached hydrogen (secondary N) is 2. The molecule has 1 aromatic heterocycles. The molecule has 0 spiro atoms. The summed E-state index contributed by atoms with van der Waals surface area (Å²) in [5.74, 6) is 0.0233. The molecule has 0 saturated heterocycles. The highest BCUT2D eigenvalue weighted by molar-refractivity contribution is 6.39. The highest BCUT2D eigenvalue weighted by Gasteiger charge is 2.16. The van der Waals surface area contributed by atoms with E-state index in [-0.39, 0.29) is 0 Å². The Bertz CT molecular complexity index is 1090. The maximum absolute atomic E-state index is 12.1. The molecule has 0 aliphatic heterocycles. The van der Waals surface area contributed by atoms with Crippen LogP contribution in [0.25, 0.3) is 11.3 Å². The van der Waals surface area contributed by atoms with E-state index in [2.05, 4.69) is 15.8 Å². The molecule has 0 saturated carbocycles. The molecule has 0 atom stereocenters. The van der Waals surface area contributed by atoms with Gasteiger partial charge in [-0.3, -0.25) is 9.59 Å². The van der Waals surface area contributed by atoms with Gasteiger partial charge in [-0.05, 0) is 36.4 Å². The summed E-state index contributed by atoms with van der Waals surface area (Å²) in [6, 6.07) is 15.4. The van der Waals surface area contributed by atoms with Crippen LogP contribution in [0.4, 0.5) is 5.69 Å². The fourth-order valence-electron chi connectivity index (χ4n) is 2.51. The molecular weight excluding hydrogens is 410 g/mol. The van der Waals surface area contributed by atoms with Crippen LogP contribution in [0.3, 0.4) is 0 Å². The van der Waals surface area contributed by atoms with E-state index >= 15 is 0 Å². The number of carbonyl (C=O) groups excluding carboxylic acids is 2. The minimum atomic E-state index is -0.953. The summed E-state index contributed by atoms with van der Waals surface area (Å²) in [7, 11) is 2.95. The highest BCUT2D eigenvalue weighted by atomic mass is 35.5. The van der Waals surface area contributed by atoms with Crippen LogP contribution in [0.1, 0.15) is 5.76 Å². The van der Waals surface area contributed by atoms with E-state index in [4.69, 9.17) is 25.5 Å². The quantitative estimate of drug-likeness (QED) is 0.354. The number of ether oxygens (including phenoxy) is 2. The number of hydrazone groups is 1. The summed E-state index contributed by atoms with van der Waals surface area (Å²) < 4.78 is 15.9. The predicted molar refractivity (Wildman–Crippen MR) is 113 cm³/mol. The first kappa shape index (κ1) is 20.9. The fourth-order valence-corrected chi connectivity index (χ4v) is 2.70. The Morgan fingerprint density at radius 1 is 1.03 bits per heavy atom. The van der Waals surface area contributed by atoms with Crippen LogP contribution >= 0.6 is 11.6 Å². The van der Waals surface area contributed by atoms with Gasteiger partial charge in [0, 0.05) is 16.7 Å². The van der Waals surface area contributed by atoms with Gasteiger partial charge in [0.1, 0.15) is 23.0 Å². The van der Waals surface area contributed by atoms with E-state index in [1.807, 2.05) is 12.1 Å². The molecule has 3 aromatic rings. The van der Waals surface area contributed by atoms with Crippen LogP contribution in [-0.2, 0) is 9.59 Å². The summed E-state index contributed by atoms with van der Waals surface area (Å²) in [4.78, 5) is 24.1. The molecule has 1 heterocycles. The minimum Gasteiger partial charge on any atom is -0.497 e. The lowest BCUT2D eigenvalue weighted by Crippen LogP contribution is -2.32. The molecule has 3 rings (SSSR count). The number of carbonyl (C=O) groups is 2. The van der Waals surface area contributed by atoms with E-state index in [9.17, 15) is 9.59 Å². The number of halogens is 1. The third kappa shape index (κ3) is 5.18. The molecule has 0 radical (unpaired) electrons. The van der Waals surface area contributed by atoms with E-state index in [1.165, 1.54) is 20.4 Å². The van der Waals surface area contributed by atoms with Gasteiger partial charge in [-0.1, -0.05) is 23.7 Å². The first-order valence-corrected chi connectivity index (χ1v) is 9.10. The van der Waals surface area contributed by atoms with Gasteiger partial charge in [0.15, 0.2) is 0 Å². The van der Waals surface area contributed by atoms with Crippen LogP contribution in [0.2, 0.25) is 5.02 Å². The Balaban J connectivity index is 1.59. The Hall–Kier alpha value is -3.78. The molecule has 0 aliphatic carbocycles. The summed E-state index contributed by atoms with van der Waals surface area (Å²) >= 11 is 5.97. The molecule has 9 heteroatoms. The molecule has 0 fully saturated rings. The smallest absolute Gasteiger partial charge is 0.329 e. The number of benzene rings is 2. The molecule has 154 valence electrons. The van der Waals surface area contributed by atoms with Gasteiger partial charge < -0.3 is 19.2 Å². The zero-order valence-electron chi connectivity index (χ0n) is 16.1. The second-order valence-corrected chi connectivity index (χ2v) is 6.37. The van der Waals surface area contributed by atoms with Gasteiger partial charge in [-0.15, -0.1) is 0 Å². The van der Waals surface area contributed by atoms with Gasteiger partial charge in [0.05, 0.1) is 26.1 Å². The van der Waals surface area contributed by atoms with Crippen molar-refractivity contribution >= 4 is 35.3 Å². The third-order valence-electron chi connectivity index (χ3n) is 3.96. The Kier molecular flexibility index (Phi) is 6.71. The van der Waals surface area contributed by atoms with Gasteiger partial charge in [0.25, 0.3) is 0 Å². The van der Waals surface area contributed by atoms with Crippen molar-refractivity contribution in [2.24, 2.45) is 5.10 Å². The van der Waals surface area contributed by atoms with Crippen LogP contribution < -0.4 is 20.2 Å². The average molecular weight is 428 g/mol. The highest BCUT2D eigenvalue weighted by Crippen LogP contribution is 2.29. The van der Waals surface area contributed by atoms with Crippen LogP contribution in [-0.4, -0.2) is 32.2 Å². The SMILES string of the molecule is COc1ccc(NC(=O)C(=O)N/N=C/c2ccc(-c3cccc(Cl)c3)o2)c(OC)c1. The number of methoxy groups -OCH3 is 2. The molecule has 2 aromatic carbocycles. The zero-order chi connectivity index (χ0) is 21.5. The number of nitrogens with zero attached hydrogens (tertiary/aromatic N) is 1. The lowest BCUT2D eigenvalue weighted by molar-refractivity contribution is -0.136. The first-order valence-electron chi connectivity index (χ1n) is 8.72. The number of hydrogen-bond donors (Lipinski definition) is 2. The average Bonchev–Trinajstić information content (AvgIpc) is 3.23. The van der Waals surface area contributed by atoms with Crippen LogP contribution in [0.5, 0.6) is 11.5 Å². The van der Waals surface area contributed by atoms with E-state index in [0.717, 1.165) is 5.56 Å². The second kappa shape index (κ2) is 9.62. The molecule has 2 amide bonds.